The summed E-state index contributed by atoms with van der Waals surface area (Å²) in [6, 6.07) is 16.2. The Kier molecular flexibility index (Phi) is 4.24. The number of benzene rings is 2. The Morgan fingerprint density at radius 1 is 0.824 bits per heavy atom. The van der Waals surface area contributed by atoms with Gasteiger partial charge in [0.05, 0.1) is 0 Å². The van der Waals surface area contributed by atoms with Crippen LogP contribution in [0.1, 0.15) is 5.56 Å². The molecule has 17 heavy (non-hydrogen) atoms. The Hall–Kier alpha value is -1.24. The van der Waals surface area contributed by atoms with Gasteiger partial charge >= 0.3 is 0 Å². The lowest BCUT2D eigenvalue weighted by atomic mass is 10.0. The third-order valence-electron chi connectivity index (χ3n) is 2.49. The second-order valence-corrected chi connectivity index (χ2v) is 4.43. The normalized spacial score (nSPS) is 10.9. The molecule has 0 amide bonds. The van der Waals surface area contributed by atoms with E-state index in [1.165, 1.54) is 11.1 Å². The molecule has 0 aliphatic heterocycles. The molecule has 0 spiro atoms. The summed E-state index contributed by atoms with van der Waals surface area (Å²) in [5.74, 6) is 0.541. The van der Waals surface area contributed by atoms with Gasteiger partial charge in [0.25, 0.3) is 0 Å². The van der Waals surface area contributed by atoms with E-state index in [1.807, 2.05) is 36.4 Å². The summed E-state index contributed by atoms with van der Waals surface area (Å²) in [5.41, 5.74) is 3.51. The number of allylic oxidation sites excluding steroid dienone is 1. The van der Waals surface area contributed by atoms with Crippen molar-refractivity contribution in [3.05, 3.63) is 65.2 Å². The minimum Gasteiger partial charge on any atom is -0.122 e. The van der Waals surface area contributed by atoms with E-state index in [1.54, 1.807) is 0 Å². The maximum absolute atomic E-state index is 5.86. The molecule has 0 saturated carbocycles. The monoisotopic (exact) mass is 262 g/mol. The summed E-state index contributed by atoms with van der Waals surface area (Å²) in [6.45, 7) is 0. The molecule has 0 aliphatic carbocycles. The van der Waals surface area contributed by atoms with E-state index in [4.69, 9.17) is 23.2 Å². The molecular formula is C15H12Cl2. The van der Waals surface area contributed by atoms with Crippen LogP contribution in [0.5, 0.6) is 0 Å². The highest BCUT2D eigenvalue weighted by atomic mass is 35.5. The Morgan fingerprint density at radius 2 is 1.35 bits per heavy atom. The highest BCUT2D eigenvalue weighted by molar-refractivity contribution is 6.30. The molecule has 0 aromatic heterocycles. The van der Waals surface area contributed by atoms with Crippen molar-refractivity contribution in [1.29, 1.82) is 0 Å². The number of hydrogen-bond acceptors (Lipinski definition) is 0. The maximum Gasteiger partial charge on any atom is 0.0407 e. The standard InChI is InChI=1S/C15H12Cl2/c16-11-1-2-12-3-5-13(6-4-12)14-7-9-15(17)10-8-14/h1-10H,11H2. The SMILES string of the molecule is ClCC=Cc1ccc(-c2ccc(Cl)cc2)cc1. The molecule has 86 valence electrons. The molecule has 2 aromatic carbocycles. The molecule has 2 heteroatoms. The lowest BCUT2D eigenvalue weighted by molar-refractivity contribution is 1.59. The Bertz CT molecular complexity index is 495. The van der Waals surface area contributed by atoms with Crippen LogP contribution >= 0.6 is 23.2 Å². The summed E-state index contributed by atoms with van der Waals surface area (Å²) in [5, 5.41) is 0.760. The van der Waals surface area contributed by atoms with Crippen LogP contribution in [-0.4, -0.2) is 5.88 Å². The predicted molar refractivity (Wildman–Crippen MR) is 76.6 cm³/mol. The quantitative estimate of drug-likeness (QED) is 0.662. The summed E-state index contributed by atoms with van der Waals surface area (Å²) >= 11 is 11.5. The summed E-state index contributed by atoms with van der Waals surface area (Å²) < 4.78 is 0. The number of rotatable bonds is 3. The van der Waals surface area contributed by atoms with E-state index in [0.717, 1.165) is 10.6 Å². The van der Waals surface area contributed by atoms with Crippen LogP contribution in [0.3, 0.4) is 0 Å². The average molecular weight is 263 g/mol. The van der Waals surface area contributed by atoms with Crippen molar-refractivity contribution < 1.29 is 0 Å². The van der Waals surface area contributed by atoms with Gasteiger partial charge in [0, 0.05) is 10.9 Å². The van der Waals surface area contributed by atoms with Crippen LogP contribution in [0.25, 0.3) is 17.2 Å². The molecule has 0 atom stereocenters. The van der Waals surface area contributed by atoms with Gasteiger partial charge in [0.1, 0.15) is 0 Å². The zero-order valence-corrected chi connectivity index (χ0v) is 10.7. The molecule has 0 radical (unpaired) electrons. The molecule has 0 unspecified atom stereocenters. The molecular weight excluding hydrogens is 251 g/mol. The van der Waals surface area contributed by atoms with Gasteiger partial charge in [-0.05, 0) is 28.8 Å². The first-order valence-electron chi connectivity index (χ1n) is 5.38. The zero-order valence-electron chi connectivity index (χ0n) is 9.24. The van der Waals surface area contributed by atoms with Crippen LogP contribution in [-0.2, 0) is 0 Å². The van der Waals surface area contributed by atoms with E-state index in [-0.39, 0.29) is 0 Å². The Morgan fingerprint density at radius 3 is 1.88 bits per heavy atom. The summed E-state index contributed by atoms with van der Waals surface area (Å²) in [6.07, 6.45) is 3.94. The molecule has 2 rings (SSSR count). The van der Waals surface area contributed by atoms with E-state index in [0.29, 0.717) is 5.88 Å². The lowest BCUT2D eigenvalue weighted by Gasteiger charge is -2.02. The largest absolute Gasteiger partial charge is 0.122 e. The first-order valence-corrected chi connectivity index (χ1v) is 6.29. The molecule has 2 aromatic rings. The smallest absolute Gasteiger partial charge is 0.0407 e. The van der Waals surface area contributed by atoms with Crippen molar-refractivity contribution in [1.82, 2.24) is 0 Å². The van der Waals surface area contributed by atoms with Crippen LogP contribution in [0.4, 0.5) is 0 Å². The second-order valence-electron chi connectivity index (χ2n) is 3.69. The Labute approximate surface area is 112 Å². The van der Waals surface area contributed by atoms with Gasteiger partial charge < -0.3 is 0 Å². The van der Waals surface area contributed by atoms with E-state index in [2.05, 4.69) is 24.3 Å². The van der Waals surface area contributed by atoms with Gasteiger partial charge in [-0.2, -0.15) is 0 Å². The first-order chi connectivity index (χ1) is 8.29. The van der Waals surface area contributed by atoms with E-state index < -0.39 is 0 Å². The van der Waals surface area contributed by atoms with E-state index >= 15 is 0 Å². The van der Waals surface area contributed by atoms with Crippen LogP contribution in [0, 0.1) is 0 Å². The van der Waals surface area contributed by atoms with Crippen molar-refractivity contribution >= 4 is 29.3 Å². The van der Waals surface area contributed by atoms with Crippen molar-refractivity contribution in [2.75, 3.05) is 5.88 Å². The summed E-state index contributed by atoms with van der Waals surface area (Å²) in [7, 11) is 0. The van der Waals surface area contributed by atoms with Crippen molar-refractivity contribution in [3.63, 3.8) is 0 Å². The number of hydrogen-bond donors (Lipinski definition) is 0. The molecule has 0 bridgehead atoms. The third kappa shape index (κ3) is 3.36. The van der Waals surface area contributed by atoms with E-state index in [9.17, 15) is 0 Å². The molecule has 0 saturated heterocycles. The first kappa shape index (κ1) is 12.2. The molecule has 0 N–H and O–H groups in total. The zero-order chi connectivity index (χ0) is 12.1. The van der Waals surface area contributed by atoms with Crippen LogP contribution in [0.2, 0.25) is 5.02 Å². The molecule has 0 heterocycles. The van der Waals surface area contributed by atoms with Crippen LogP contribution in [0.15, 0.2) is 54.6 Å². The predicted octanol–water partition coefficient (Wildman–Crippen LogP) is 5.26. The van der Waals surface area contributed by atoms with Gasteiger partial charge in [-0.3, -0.25) is 0 Å². The van der Waals surface area contributed by atoms with Crippen molar-refractivity contribution in [2.24, 2.45) is 0 Å². The van der Waals surface area contributed by atoms with Gasteiger partial charge in [0.15, 0.2) is 0 Å². The van der Waals surface area contributed by atoms with Gasteiger partial charge in [-0.25, -0.2) is 0 Å². The fraction of sp³-hybridized carbons (Fsp3) is 0.0667. The van der Waals surface area contributed by atoms with Gasteiger partial charge in [-0.1, -0.05) is 60.2 Å². The topological polar surface area (TPSA) is 0 Å². The number of alkyl halides is 1. The number of halogens is 2. The molecule has 0 aliphatic rings. The maximum atomic E-state index is 5.86. The minimum atomic E-state index is 0.541. The fourth-order valence-electron chi connectivity index (χ4n) is 1.61. The fourth-order valence-corrected chi connectivity index (χ4v) is 1.82. The second kappa shape index (κ2) is 5.90. The third-order valence-corrected chi connectivity index (χ3v) is 2.92. The average Bonchev–Trinajstić information content (AvgIpc) is 2.38. The summed E-state index contributed by atoms with van der Waals surface area (Å²) in [4.78, 5) is 0. The minimum absolute atomic E-state index is 0.541. The Balaban J connectivity index is 2.23. The highest BCUT2D eigenvalue weighted by Crippen LogP contribution is 2.22. The van der Waals surface area contributed by atoms with Crippen molar-refractivity contribution in [3.8, 4) is 11.1 Å². The lowest BCUT2D eigenvalue weighted by Crippen LogP contribution is -1.78. The molecule has 0 nitrogen and oxygen atoms in total. The van der Waals surface area contributed by atoms with Gasteiger partial charge in [-0.15, -0.1) is 11.6 Å². The van der Waals surface area contributed by atoms with Crippen LogP contribution < -0.4 is 0 Å². The van der Waals surface area contributed by atoms with Gasteiger partial charge in [0.2, 0.25) is 0 Å². The highest BCUT2D eigenvalue weighted by Gasteiger charge is 1.96. The van der Waals surface area contributed by atoms with Crippen molar-refractivity contribution in [2.45, 2.75) is 0 Å². The molecule has 0 fully saturated rings.